The van der Waals surface area contributed by atoms with E-state index in [1.807, 2.05) is 7.05 Å². The second-order valence-corrected chi connectivity index (χ2v) is 7.66. The maximum atomic E-state index is 5.43. The molecule has 2 aliphatic rings. The van der Waals surface area contributed by atoms with E-state index in [9.17, 15) is 0 Å². The van der Waals surface area contributed by atoms with Crippen molar-refractivity contribution in [3.8, 4) is 0 Å². The van der Waals surface area contributed by atoms with E-state index in [-0.39, 0.29) is 29.5 Å². The highest BCUT2D eigenvalue weighted by atomic mass is 127. The minimum atomic E-state index is 0. The van der Waals surface area contributed by atoms with Crippen molar-refractivity contribution in [2.24, 2.45) is 10.9 Å². The van der Waals surface area contributed by atoms with Crippen LogP contribution in [-0.4, -0.2) is 87.4 Å². The van der Waals surface area contributed by atoms with Gasteiger partial charge in [-0.2, -0.15) is 0 Å². The van der Waals surface area contributed by atoms with Crippen LogP contribution >= 0.6 is 24.0 Å². The van der Waals surface area contributed by atoms with Crippen LogP contribution in [0.15, 0.2) is 4.99 Å². The molecule has 0 amide bonds. The van der Waals surface area contributed by atoms with Crippen LogP contribution in [0.25, 0.3) is 0 Å². The average Bonchev–Trinajstić information content (AvgIpc) is 2.95. The first-order valence-corrected chi connectivity index (χ1v) is 8.98. The summed E-state index contributed by atoms with van der Waals surface area (Å²) >= 11 is 0. The van der Waals surface area contributed by atoms with Gasteiger partial charge in [0.1, 0.15) is 0 Å². The summed E-state index contributed by atoms with van der Waals surface area (Å²) < 4.78 is 5.43. The van der Waals surface area contributed by atoms with Crippen LogP contribution in [0.5, 0.6) is 0 Å². The fraction of sp³-hybridized carbons (Fsp3) is 0.941. The number of aliphatic imine (C=N–C) groups is 1. The van der Waals surface area contributed by atoms with Gasteiger partial charge >= 0.3 is 0 Å². The van der Waals surface area contributed by atoms with E-state index < -0.39 is 0 Å². The molecule has 142 valence electrons. The summed E-state index contributed by atoms with van der Waals surface area (Å²) in [5.41, 5.74) is 0.169. The predicted octanol–water partition coefficient (Wildman–Crippen LogP) is 1.22. The van der Waals surface area contributed by atoms with Crippen LogP contribution in [0, 0.1) is 5.92 Å². The van der Waals surface area contributed by atoms with Crippen molar-refractivity contribution in [2.75, 3.05) is 66.1 Å². The van der Waals surface area contributed by atoms with Gasteiger partial charge in [0.05, 0.1) is 13.2 Å². The Bertz CT molecular complexity index is 380. The highest BCUT2D eigenvalue weighted by Crippen LogP contribution is 2.18. The molecule has 6 nitrogen and oxygen atoms in total. The maximum Gasteiger partial charge on any atom is 0.193 e. The van der Waals surface area contributed by atoms with E-state index in [1.165, 1.54) is 13.0 Å². The van der Waals surface area contributed by atoms with Gasteiger partial charge < -0.3 is 20.3 Å². The molecule has 0 bridgehead atoms. The van der Waals surface area contributed by atoms with Gasteiger partial charge in [0, 0.05) is 58.4 Å². The zero-order valence-corrected chi connectivity index (χ0v) is 18.1. The van der Waals surface area contributed by atoms with E-state index in [0.29, 0.717) is 0 Å². The van der Waals surface area contributed by atoms with Gasteiger partial charge in [-0.15, -0.1) is 24.0 Å². The first-order valence-electron chi connectivity index (χ1n) is 8.98. The lowest BCUT2D eigenvalue weighted by molar-refractivity contribution is 0.0315. The van der Waals surface area contributed by atoms with Crippen molar-refractivity contribution in [1.82, 2.24) is 20.4 Å². The monoisotopic (exact) mass is 453 g/mol. The zero-order valence-electron chi connectivity index (χ0n) is 15.8. The van der Waals surface area contributed by atoms with E-state index in [2.05, 4.69) is 46.2 Å². The highest BCUT2D eigenvalue weighted by Gasteiger charge is 2.26. The molecule has 2 N–H and O–H groups in total. The fourth-order valence-electron chi connectivity index (χ4n) is 3.27. The molecule has 1 unspecified atom stereocenters. The van der Waals surface area contributed by atoms with Crippen LogP contribution in [0.2, 0.25) is 0 Å². The number of hydrogen-bond acceptors (Lipinski definition) is 4. The number of ether oxygens (including phenoxy) is 1. The fourth-order valence-corrected chi connectivity index (χ4v) is 3.27. The molecule has 7 heteroatoms. The third-order valence-electron chi connectivity index (χ3n) is 4.48. The molecule has 0 radical (unpaired) electrons. The molecule has 0 aromatic rings. The first kappa shape index (κ1) is 21.9. The lowest BCUT2D eigenvalue weighted by Crippen LogP contribution is -2.46. The lowest BCUT2D eigenvalue weighted by atomic mass is 10.1. The number of nitrogens with one attached hydrogen (secondary N) is 2. The van der Waals surface area contributed by atoms with Crippen LogP contribution < -0.4 is 10.6 Å². The molecule has 0 aromatic carbocycles. The Balaban J connectivity index is 0.00000288. The Hall–Kier alpha value is -0.120. The summed E-state index contributed by atoms with van der Waals surface area (Å²) in [6.45, 7) is 15.8. The molecule has 2 heterocycles. The number of guanidine groups is 1. The second kappa shape index (κ2) is 10.8. The SMILES string of the molecule is CN=C(NCCNC(C)(C)C)N1CCC(CN2CCOCC2)C1.I. The Morgan fingerprint density at radius 3 is 2.50 bits per heavy atom. The van der Waals surface area contributed by atoms with Gasteiger partial charge in [-0.05, 0) is 33.1 Å². The predicted molar refractivity (Wildman–Crippen MR) is 111 cm³/mol. The van der Waals surface area contributed by atoms with Crippen molar-refractivity contribution >= 4 is 29.9 Å². The molecule has 1 atom stereocenters. The summed E-state index contributed by atoms with van der Waals surface area (Å²) in [7, 11) is 1.88. The van der Waals surface area contributed by atoms with Crippen molar-refractivity contribution in [1.29, 1.82) is 0 Å². The van der Waals surface area contributed by atoms with Crippen LogP contribution in [-0.2, 0) is 4.74 Å². The molecule has 2 rings (SSSR count). The molecular formula is C17H36IN5O. The molecule has 0 aromatic heterocycles. The van der Waals surface area contributed by atoms with E-state index in [0.717, 1.165) is 64.4 Å². The second-order valence-electron chi connectivity index (χ2n) is 7.66. The zero-order chi connectivity index (χ0) is 16.7. The first-order chi connectivity index (χ1) is 11.0. The number of nitrogens with zero attached hydrogens (tertiary/aromatic N) is 3. The van der Waals surface area contributed by atoms with Gasteiger partial charge in [-0.25, -0.2) is 0 Å². The van der Waals surface area contributed by atoms with Crippen LogP contribution in [0.4, 0.5) is 0 Å². The largest absolute Gasteiger partial charge is 0.379 e. The van der Waals surface area contributed by atoms with Crippen molar-refractivity contribution in [3.05, 3.63) is 0 Å². The Kier molecular flexibility index (Phi) is 9.84. The minimum absolute atomic E-state index is 0. The molecule has 2 saturated heterocycles. The quantitative estimate of drug-likeness (QED) is 0.284. The Morgan fingerprint density at radius 1 is 1.17 bits per heavy atom. The molecule has 0 aliphatic carbocycles. The molecule has 0 spiro atoms. The topological polar surface area (TPSA) is 52.1 Å². The summed E-state index contributed by atoms with van der Waals surface area (Å²) in [4.78, 5) is 9.40. The third-order valence-corrected chi connectivity index (χ3v) is 4.48. The van der Waals surface area contributed by atoms with E-state index in [4.69, 9.17) is 4.74 Å². The Morgan fingerprint density at radius 2 is 1.88 bits per heavy atom. The van der Waals surface area contributed by atoms with Gasteiger partial charge in [0.25, 0.3) is 0 Å². The highest BCUT2D eigenvalue weighted by molar-refractivity contribution is 14.0. The third kappa shape index (κ3) is 7.84. The van der Waals surface area contributed by atoms with Gasteiger partial charge in [0.2, 0.25) is 0 Å². The van der Waals surface area contributed by atoms with E-state index in [1.54, 1.807) is 0 Å². The van der Waals surface area contributed by atoms with Crippen molar-refractivity contribution < 1.29 is 4.74 Å². The Labute approximate surface area is 164 Å². The number of morpholine rings is 1. The maximum absolute atomic E-state index is 5.43. The average molecular weight is 453 g/mol. The number of likely N-dealkylation sites (tertiary alicyclic amines) is 1. The number of hydrogen-bond donors (Lipinski definition) is 2. The number of rotatable bonds is 5. The molecule has 0 saturated carbocycles. The molecule has 2 fully saturated rings. The minimum Gasteiger partial charge on any atom is -0.379 e. The summed E-state index contributed by atoms with van der Waals surface area (Å²) in [5.74, 6) is 1.80. The van der Waals surface area contributed by atoms with Crippen LogP contribution in [0.3, 0.4) is 0 Å². The molecule has 24 heavy (non-hydrogen) atoms. The van der Waals surface area contributed by atoms with Crippen molar-refractivity contribution in [3.63, 3.8) is 0 Å². The normalized spacial score (nSPS) is 23.2. The van der Waals surface area contributed by atoms with Gasteiger partial charge in [-0.3, -0.25) is 9.89 Å². The lowest BCUT2D eigenvalue weighted by Gasteiger charge is -2.29. The van der Waals surface area contributed by atoms with Gasteiger partial charge in [0.15, 0.2) is 5.96 Å². The number of halogens is 1. The molecule has 2 aliphatic heterocycles. The summed E-state index contributed by atoms with van der Waals surface area (Å²) in [6, 6.07) is 0. The summed E-state index contributed by atoms with van der Waals surface area (Å²) in [6.07, 6.45) is 1.26. The van der Waals surface area contributed by atoms with E-state index >= 15 is 0 Å². The summed E-state index contributed by atoms with van der Waals surface area (Å²) in [5, 5.41) is 6.99. The van der Waals surface area contributed by atoms with Crippen molar-refractivity contribution in [2.45, 2.75) is 32.7 Å². The van der Waals surface area contributed by atoms with Crippen LogP contribution in [0.1, 0.15) is 27.2 Å². The molecular weight excluding hydrogens is 417 g/mol. The smallest absolute Gasteiger partial charge is 0.193 e. The standard InChI is InChI=1S/C17H35N5O.HI/c1-17(2,3)20-7-6-19-16(18-4)22-8-5-15(14-22)13-21-9-11-23-12-10-21;/h15,20H,5-14H2,1-4H3,(H,18,19);1H. The van der Waals surface area contributed by atoms with Gasteiger partial charge in [-0.1, -0.05) is 0 Å².